The lowest BCUT2D eigenvalue weighted by Crippen LogP contribution is -2.40. The van der Waals surface area contributed by atoms with E-state index in [0.29, 0.717) is 24.0 Å². The lowest BCUT2D eigenvalue weighted by atomic mass is 10.0. The van der Waals surface area contributed by atoms with Gasteiger partial charge in [-0.3, -0.25) is 9.78 Å². The second kappa shape index (κ2) is 10.6. The number of nitrogens with one attached hydrogen (secondary N) is 1. The van der Waals surface area contributed by atoms with Gasteiger partial charge in [0.2, 0.25) is 5.91 Å². The first kappa shape index (κ1) is 25.1. The Kier molecular flexibility index (Phi) is 7.86. The standard InChI is InChI=1S/C25H24F5N3O/c1-16-5-11-20(27)21(14-16)33(23(24(34)31-2)18-7-9-19(26)10-8-18)13-3-4-17-6-12-22(32-15-17)25(28,29)30/h5-12,14-15,23H,3-4,13H2,1-2H3,(H,31,34)/t23-/m1/s1. The number of carbonyl (C=O) groups is 1. The van der Waals surface area contributed by atoms with Crippen LogP contribution in [0.3, 0.4) is 0 Å². The third kappa shape index (κ3) is 6.09. The van der Waals surface area contributed by atoms with Crippen molar-refractivity contribution in [2.75, 3.05) is 18.5 Å². The summed E-state index contributed by atoms with van der Waals surface area (Å²) < 4.78 is 66.7. The minimum absolute atomic E-state index is 0.198. The van der Waals surface area contributed by atoms with Gasteiger partial charge in [0.25, 0.3) is 0 Å². The second-order valence-corrected chi connectivity index (χ2v) is 7.87. The molecule has 1 atom stereocenters. The summed E-state index contributed by atoms with van der Waals surface area (Å²) in [5.74, 6) is -1.41. The third-order valence-corrected chi connectivity index (χ3v) is 5.38. The Balaban J connectivity index is 1.91. The second-order valence-electron chi connectivity index (χ2n) is 7.87. The maximum atomic E-state index is 14.9. The minimum atomic E-state index is -4.52. The number of benzene rings is 2. The van der Waals surface area contributed by atoms with Crippen molar-refractivity contribution in [1.29, 1.82) is 0 Å². The van der Waals surface area contributed by atoms with E-state index in [9.17, 15) is 26.7 Å². The molecule has 0 saturated heterocycles. The molecule has 1 N–H and O–H groups in total. The number of likely N-dealkylation sites (N-methyl/N-ethyl adjacent to an activating group) is 1. The van der Waals surface area contributed by atoms with Crippen molar-refractivity contribution in [2.24, 2.45) is 0 Å². The van der Waals surface area contributed by atoms with Crippen molar-refractivity contribution in [3.8, 4) is 0 Å². The molecule has 1 heterocycles. The van der Waals surface area contributed by atoms with Crippen LogP contribution in [0, 0.1) is 18.6 Å². The summed E-state index contributed by atoms with van der Waals surface area (Å²) in [7, 11) is 1.46. The molecule has 0 spiro atoms. The molecule has 34 heavy (non-hydrogen) atoms. The van der Waals surface area contributed by atoms with Crippen molar-refractivity contribution in [3.63, 3.8) is 0 Å². The Hall–Kier alpha value is -3.49. The zero-order valence-corrected chi connectivity index (χ0v) is 18.7. The van der Waals surface area contributed by atoms with Crippen LogP contribution in [-0.2, 0) is 17.4 Å². The van der Waals surface area contributed by atoms with E-state index in [-0.39, 0.29) is 12.2 Å². The number of pyridine rings is 1. The first-order chi connectivity index (χ1) is 16.1. The number of hydrogen-bond acceptors (Lipinski definition) is 3. The van der Waals surface area contributed by atoms with E-state index in [1.165, 1.54) is 43.4 Å². The van der Waals surface area contributed by atoms with Crippen molar-refractivity contribution < 1.29 is 26.7 Å². The van der Waals surface area contributed by atoms with Gasteiger partial charge in [-0.2, -0.15) is 13.2 Å². The topological polar surface area (TPSA) is 45.2 Å². The molecule has 1 amide bonds. The summed E-state index contributed by atoms with van der Waals surface area (Å²) in [4.78, 5) is 17.9. The summed E-state index contributed by atoms with van der Waals surface area (Å²) in [5.41, 5.74) is 1.05. The third-order valence-electron chi connectivity index (χ3n) is 5.38. The fourth-order valence-corrected chi connectivity index (χ4v) is 3.68. The molecule has 2 aromatic carbocycles. The van der Waals surface area contributed by atoms with E-state index in [1.54, 1.807) is 24.0 Å². The van der Waals surface area contributed by atoms with Crippen LogP contribution in [0.4, 0.5) is 27.6 Å². The Bertz CT molecular complexity index is 1110. The van der Waals surface area contributed by atoms with E-state index in [0.717, 1.165) is 17.8 Å². The minimum Gasteiger partial charge on any atom is -0.357 e. The van der Waals surface area contributed by atoms with Gasteiger partial charge >= 0.3 is 6.18 Å². The van der Waals surface area contributed by atoms with Crippen LogP contribution in [-0.4, -0.2) is 24.5 Å². The lowest BCUT2D eigenvalue weighted by Gasteiger charge is -2.33. The molecule has 1 aromatic heterocycles. The molecule has 0 aliphatic heterocycles. The molecule has 0 fully saturated rings. The molecule has 0 saturated carbocycles. The quantitative estimate of drug-likeness (QED) is 0.429. The first-order valence-corrected chi connectivity index (χ1v) is 10.6. The van der Waals surface area contributed by atoms with Crippen LogP contribution in [0.1, 0.15) is 34.8 Å². The average Bonchev–Trinajstić information content (AvgIpc) is 2.80. The van der Waals surface area contributed by atoms with E-state index < -0.39 is 35.5 Å². The van der Waals surface area contributed by atoms with Crippen LogP contribution < -0.4 is 10.2 Å². The molecule has 0 unspecified atom stereocenters. The summed E-state index contributed by atoms with van der Waals surface area (Å²) >= 11 is 0. The van der Waals surface area contributed by atoms with Gasteiger partial charge in [-0.15, -0.1) is 0 Å². The summed E-state index contributed by atoms with van der Waals surface area (Å²) in [6, 6.07) is 11.2. The van der Waals surface area contributed by atoms with Crippen LogP contribution in [0.2, 0.25) is 0 Å². The molecule has 9 heteroatoms. The van der Waals surface area contributed by atoms with Crippen molar-refractivity contribution >= 4 is 11.6 Å². The molecule has 0 bridgehead atoms. The summed E-state index contributed by atoms with van der Waals surface area (Å²) in [6.45, 7) is 2.00. The number of halogens is 5. The van der Waals surface area contributed by atoms with Crippen LogP contribution in [0.25, 0.3) is 0 Å². The van der Waals surface area contributed by atoms with Gasteiger partial charge < -0.3 is 10.2 Å². The number of alkyl halides is 3. The van der Waals surface area contributed by atoms with Gasteiger partial charge in [-0.1, -0.05) is 24.3 Å². The first-order valence-electron chi connectivity index (χ1n) is 10.6. The number of hydrogen-bond donors (Lipinski definition) is 1. The van der Waals surface area contributed by atoms with Crippen LogP contribution in [0.5, 0.6) is 0 Å². The molecule has 180 valence electrons. The highest BCUT2D eigenvalue weighted by molar-refractivity contribution is 5.86. The van der Waals surface area contributed by atoms with Crippen molar-refractivity contribution in [3.05, 3.63) is 94.8 Å². The Morgan fingerprint density at radius 3 is 2.35 bits per heavy atom. The van der Waals surface area contributed by atoms with E-state index >= 15 is 0 Å². The number of anilines is 1. The van der Waals surface area contributed by atoms with Gasteiger partial charge in [0.15, 0.2) is 0 Å². The number of aryl methyl sites for hydroxylation is 2. The van der Waals surface area contributed by atoms with Gasteiger partial charge in [0.05, 0.1) is 5.69 Å². The Labute approximate surface area is 194 Å². The highest BCUT2D eigenvalue weighted by Gasteiger charge is 2.32. The van der Waals surface area contributed by atoms with Crippen LogP contribution in [0.15, 0.2) is 60.8 Å². The van der Waals surface area contributed by atoms with Gasteiger partial charge in [0.1, 0.15) is 23.4 Å². The van der Waals surface area contributed by atoms with E-state index in [1.807, 2.05) is 0 Å². The monoisotopic (exact) mass is 477 g/mol. The Morgan fingerprint density at radius 2 is 1.76 bits per heavy atom. The molecular formula is C25H24F5N3O. The van der Waals surface area contributed by atoms with Crippen molar-refractivity contribution in [2.45, 2.75) is 32.0 Å². The fourth-order valence-electron chi connectivity index (χ4n) is 3.68. The molecular weight excluding hydrogens is 453 g/mol. The molecule has 3 aromatic rings. The van der Waals surface area contributed by atoms with E-state index in [4.69, 9.17) is 0 Å². The van der Waals surface area contributed by atoms with E-state index in [2.05, 4.69) is 10.3 Å². The highest BCUT2D eigenvalue weighted by Crippen LogP contribution is 2.32. The maximum Gasteiger partial charge on any atom is 0.433 e. The molecule has 0 radical (unpaired) electrons. The molecule has 0 aliphatic rings. The SMILES string of the molecule is CNC(=O)[C@@H](c1ccc(F)cc1)N(CCCc1ccc(C(F)(F)F)nc1)c1cc(C)ccc1F. The van der Waals surface area contributed by atoms with Crippen molar-refractivity contribution in [1.82, 2.24) is 10.3 Å². The van der Waals surface area contributed by atoms with Gasteiger partial charge in [-0.25, -0.2) is 8.78 Å². The van der Waals surface area contributed by atoms with Gasteiger partial charge in [0, 0.05) is 19.8 Å². The number of aromatic nitrogens is 1. The number of nitrogens with zero attached hydrogens (tertiary/aromatic N) is 2. The normalized spacial score (nSPS) is 12.3. The van der Waals surface area contributed by atoms with Crippen LogP contribution >= 0.6 is 0 Å². The zero-order chi connectivity index (χ0) is 24.9. The fraction of sp³-hybridized carbons (Fsp3) is 0.280. The number of amides is 1. The molecule has 0 aliphatic carbocycles. The largest absolute Gasteiger partial charge is 0.433 e. The number of carbonyl (C=O) groups excluding carboxylic acids is 1. The average molecular weight is 477 g/mol. The molecule has 3 rings (SSSR count). The summed E-state index contributed by atoms with van der Waals surface area (Å²) in [6.07, 6.45) is -2.60. The smallest absolute Gasteiger partial charge is 0.357 e. The number of rotatable bonds is 8. The zero-order valence-electron chi connectivity index (χ0n) is 18.7. The maximum absolute atomic E-state index is 14.9. The highest BCUT2D eigenvalue weighted by atomic mass is 19.4. The summed E-state index contributed by atoms with van der Waals surface area (Å²) in [5, 5.41) is 2.58. The molecule has 4 nitrogen and oxygen atoms in total. The predicted octanol–water partition coefficient (Wildman–Crippen LogP) is 5.61. The Morgan fingerprint density at radius 1 is 1.06 bits per heavy atom. The lowest BCUT2D eigenvalue weighted by molar-refractivity contribution is -0.141. The predicted molar refractivity (Wildman–Crippen MR) is 119 cm³/mol. The van der Waals surface area contributed by atoms with Gasteiger partial charge in [-0.05, 0) is 66.8 Å².